The smallest absolute Gasteiger partial charge is 0.257 e. The molecule has 0 saturated carbocycles. The Balaban J connectivity index is 1.26. The van der Waals surface area contributed by atoms with Crippen LogP contribution in [-0.4, -0.2) is 22.6 Å². The summed E-state index contributed by atoms with van der Waals surface area (Å²) < 4.78 is 5.28. The van der Waals surface area contributed by atoms with E-state index in [-0.39, 0.29) is 5.91 Å². The summed E-state index contributed by atoms with van der Waals surface area (Å²) in [5.74, 6) is 1.53. The summed E-state index contributed by atoms with van der Waals surface area (Å²) in [6.45, 7) is 0.515. The molecule has 1 aliphatic carbocycles. The van der Waals surface area contributed by atoms with Crippen LogP contribution in [0.1, 0.15) is 35.7 Å². The van der Waals surface area contributed by atoms with E-state index in [1.165, 1.54) is 11.1 Å². The number of aromatic nitrogens is 2. The van der Waals surface area contributed by atoms with Crippen LogP contribution in [0.4, 0.5) is 0 Å². The molecule has 2 aromatic carbocycles. The number of benzene rings is 2. The van der Waals surface area contributed by atoms with Gasteiger partial charge < -0.3 is 9.84 Å². The van der Waals surface area contributed by atoms with Crippen LogP contribution in [0.2, 0.25) is 0 Å². The van der Waals surface area contributed by atoms with Crippen molar-refractivity contribution in [2.75, 3.05) is 6.54 Å². The molecule has 4 rings (SSSR count). The zero-order valence-electron chi connectivity index (χ0n) is 14.5. The van der Waals surface area contributed by atoms with Gasteiger partial charge in [-0.05, 0) is 42.0 Å². The first-order valence-electron chi connectivity index (χ1n) is 9.02. The Morgan fingerprint density at radius 1 is 1.12 bits per heavy atom. The zero-order chi connectivity index (χ0) is 17.8. The minimum atomic E-state index is 0.0819. The second kappa shape index (κ2) is 7.52. The summed E-state index contributed by atoms with van der Waals surface area (Å²) >= 11 is 0. The van der Waals surface area contributed by atoms with Gasteiger partial charge in [0, 0.05) is 24.9 Å². The highest BCUT2D eigenvalue weighted by Gasteiger charge is 2.24. The number of fused-ring (bicyclic) bond motifs is 1. The van der Waals surface area contributed by atoms with E-state index >= 15 is 0 Å². The number of aryl methyl sites for hydroxylation is 1. The number of carbonyl (C=O) groups excluding carboxylic acids is 1. The molecule has 26 heavy (non-hydrogen) atoms. The molecule has 0 unspecified atom stereocenters. The minimum Gasteiger partial charge on any atom is -0.356 e. The molecule has 1 aromatic heterocycles. The molecule has 0 saturated heterocycles. The molecule has 0 fully saturated rings. The molecule has 0 spiro atoms. The Hall–Kier alpha value is -2.95. The Morgan fingerprint density at radius 2 is 1.92 bits per heavy atom. The van der Waals surface area contributed by atoms with Gasteiger partial charge in [0.15, 0.2) is 5.82 Å². The Labute approximate surface area is 152 Å². The van der Waals surface area contributed by atoms with Gasteiger partial charge in [-0.25, -0.2) is 0 Å². The number of amides is 1. The van der Waals surface area contributed by atoms with Gasteiger partial charge in [-0.1, -0.05) is 47.6 Å². The average molecular weight is 347 g/mol. The normalized spacial score (nSPS) is 15.6. The van der Waals surface area contributed by atoms with E-state index in [2.05, 4.69) is 39.7 Å². The average Bonchev–Trinajstić information content (AvgIpc) is 3.30. The minimum absolute atomic E-state index is 0.0819. The third kappa shape index (κ3) is 3.67. The highest BCUT2D eigenvalue weighted by Crippen LogP contribution is 2.35. The molecule has 5 heteroatoms. The number of hydrogen-bond acceptors (Lipinski definition) is 4. The number of nitrogens with zero attached hydrogens (tertiary/aromatic N) is 2. The van der Waals surface area contributed by atoms with Crippen molar-refractivity contribution in [1.29, 1.82) is 0 Å². The van der Waals surface area contributed by atoms with Gasteiger partial charge in [-0.2, -0.15) is 4.98 Å². The van der Waals surface area contributed by atoms with E-state index in [4.69, 9.17) is 4.52 Å². The van der Waals surface area contributed by atoms with E-state index in [9.17, 15) is 4.79 Å². The molecular weight excluding hydrogens is 326 g/mol. The predicted octanol–water partition coefficient (Wildman–Crippen LogP) is 3.52. The molecule has 1 amide bonds. The second-order valence-electron chi connectivity index (χ2n) is 6.62. The van der Waals surface area contributed by atoms with Crippen LogP contribution in [0.15, 0.2) is 59.1 Å². The van der Waals surface area contributed by atoms with Crippen molar-refractivity contribution >= 4 is 5.91 Å². The lowest BCUT2D eigenvalue weighted by Crippen LogP contribution is -2.27. The van der Waals surface area contributed by atoms with Gasteiger partial charge in [0.1, 0.15) is 0 Å². The van der Waals surface area contributed by atoms with Crippen molar-refractivity contribution in [2.45, 2.75) is 31.6 Å². The molecule has 1 atom stereocenters. The van der Waals surface area contributed by atoms with Crippen molar-refractivity contribution in [2.24, 2.45) is 0 Å². The third-order valence-electron chi connectivity index (χ3n) is 4.85. The summed E-state index contributed by atoms with van der Waals surface area (Å²) in [5.41, 5.74) is 3.61. The number of rotatable bonds is 6. The fraction of sp³-hybridized carbons (Fsp3) is 0.286. The largest absolute Gasteiger partial charge is 0.356 e. The highest BCUT2D eigenvalue weighted by atomic mass is 16.5. The van der Waals surface area contributed by atoms with Gasteiger partial charge in [0.05, 0.1) is 0 Å². The van der Waals surface area contributed by atoms with Crippen molar-refractivity contribution in [3.63, 3.8) is 0 Å². The number of nitrogens with one attached hydrogen (secondary N) is 1. The van der Waals surface area contributed by atoms with Crippen LogP contribution in [0.3, 0.4) is 0 Å². The molecule has 1 N–H and O–H groups in total. The molecule has 1 aliphatic rings. The third-order valence-corrected chi connectivity index (χ3v) is 4.85. The second-order valence-corrected chi connectivity index (χ2v) is 6.62. The first-order chi connectivity index (χ1) is 12.8. The lowest BCUT2D eigenvalue weighted by atomic mass is 9.97. The first kappa shape index (κ1) is 16.5. The van der Waals surface area contributed by atoms with E-state index in [0.717, 1.165) is 18.4 Å². The Kier molecular flexibility index (Phi) is 4.78. The summed E-state index contributed by atoms with van der Waals surface area (Å²) in [7, 11) is 0. The summed E-state index contributed by atoms with van der Waals surface area (Å²) in [4.78, 5) is 16.6. The lowest BCUT2D eigenvalue weighted by molar-refractivity contribution is -0.121. The lowest BCUT2D eigenvalue weighted by Gasteiger charge is -2.11. The van der Waals surface area contributed by atoms with Gasteiger partial charge in [-0.3, -0.25) is 4.79 Å². The summed E-state index contributed by atoms with van der Waals surface area (Å²) in [6.07, 6.45) is 3.22. The van der Waals surface area contributed by atoms with E-state index in [0.29, 0.717) is 37.0 Å². The van der Waals surface area contributed by atoms with E-state index in [1.54, 1.807) is 0 Å². The number of hydrogen-bond donors (Lipinski definition) is 1. The first-order valence-corrected chi connectivity index (χ1v) is 9.02. The molecule has 0 bridgehead atoms. The predicted molar refractivity (Wildman–Crippen MR) is 98.6 cm³/mol. The van der Waals surface area contributed by atoms with E-state index < -0.39 is 0 Å². The van der Waals surface area contributed by atoms with Gasteiger partial charge in [-0.15, -0.1) is 0 Å². The van der Waals surface area contributed by atoms with Crippen LogP contribution >= 0.6 is 0 Å². The number of carbonyl (C=O) groups is 1. The molecule has 0 aliphatic heterocycles. The molecular formula is C21H21N3O2. The van der Waals surface area contributed by atoms with Crippen molar-refractivity contribution in [1.82, 2.24) is 15.5 Å². The molecule has 1 heterocycles. The monoisotopic (exact) mass is 347 g/mol. The van der Waals surface area contributed by atoms with E-state index in [1.807, 2.05) is 30.3 Å². The maximum Gasteiger partial charge on any atom is 0.257 e. The van der Waals surface area contributed by atoms with Crippen LogP contribution in [0.25, 0.3) is 11.5 Å². The van der Waals surface area contributed by atoms with Crippen molar-refractivity contribution in [3.8, 4) is 11.5 Å². The molecule has 3 aromatic rings. The van der Waals surface area contributed by atoms with Crippen molar-refractivity contribution < 1.29 is 9.32 Å². The maximum absolute atomic E-state index is 12.3. The molecule has 132 valence electrons. The fourth-order valence-corrected chi connectivity index (χ4v) is 3.52. The highest BCUT2D eigenvalue weighted by molar-refractivity contribution is 5.77. The van der Waals surface area contributed by atoms with Crippen LogP contribution < -0.4 is 5.32 Å². The van der Waals surface area contributed by atoms with Gasteiger partial charge in [0.2, 0.25) is 5.91 Å². The van der Waals surface area contributed by atoms with Crippen LogP contribution in [-0.2, 0) is 17.6 Å². The fourth-order valence-electron chi connectivity index (χ4n) is 3.52. The molecule has 5 nitrogen and oxygen atoms in total. The SMILES string of the molecule is O=C(C[C@H]1CCc2ccccc21)NCCc1noc(-c2ccccc2)n1. The van der Waals surface area contributed by atoms with Crippen LogP contribution in [0, 0.1) is 0 Å². The summed E-state index contributed by atoms with van der Waals surface area (Å²) in [5, 5.41) is 6.96. The van der Waals surface area contributed by atoms with Crippen molar-refractivity contribution in [3.05, 3.63) is 71.5 Å². The zero-order valence-corrected chi connectivity index (χ0v) is 14.5. The van der Waals surface area contributed by atoms with Crippen LogP contribution in [0.5, 0.6) is 0 Å². The Morgan fingerprint density at radius 3 is 2.81 bits per heavy atom. The standard InChI is InChI=1S/C21H21N3O2/c25-20(14-17-11-10-15-6-4-5-9-18(15)17)22-13-12-19-23-21(26-24-19)16-7-2-1-3-8-16/h1-9,17H,10-14H2,(H,22,25)/t17-/m1/s1. The van der Waals surface area contributed by atoms with Gasteiger partial charge in [0.25, 0.3) is 5.89 Å². The Bertz CT molecular complexity index is 889. The van der Waals surface area contributed by atoms with Gasteiger partial charge >= 0.3 is 0 Å². The maximum atomic E-state index is 12.3. The summed E-state index contributed by atoms with van der Waals surface area (Å²) in [6, 6.07) is 18.1. The quantitative estimate of drug-likeness (QED) is 0.741. The topological polar surface area (TPSA) is 68.0 Å². The molecule has 0 radical (unpaired) electrons.